The molecule has 0 saturated carbocycles. The number of nitrogens with zero attached hydrogens (tertiary/aromatic N) is 2. The second-order valence-corrected chi connectivity index (χ2v) is 21.6. The third-order valence-corrected chi connectivity index (χ3v) is 15.8. The summed E-state index contributed by atoms with van der Waals surface area (Å²) < 4.78 is 1.72. The average molecular weight is 992 g/mol. The third kappa shape index (κ3) is 23.2. The van der Waals surface area contributed by atoms with Crippen molar-refractivity contribution >= 4 is 11.4 Å². The topological polar surface area (TPSA) is 25.3 Å². The van der Waals surface area contributed by atoms with Gasteiger partial charge in [-0.3, -0.25) is 0 Å². The number of benzene rings is 2. The van der Waals surface area contributed by atoms with E-state index in [2.05, 4.69) is 79.7 Å². The van der Waals surface area contributed by atoms with Crippen molar-refractivity contribution in [3.05, 3.63) is 85.5 Å². The number of hydrogen-bond acceptors (Lipinski definition) is 0. The first kappa shape index (κ1) is 63.1. The fraction of sp³-hybridized carbons (Fsp3) is 0.758. The van der Waals surface area contributed by atoms with Crippen molar-refractivity contribution in [1.29, 1.82) is 0 Å². The zero-order chi connectivity index (χ0) is 49.0. The van der Waals surface area contributed by atoms with Crippen LogP contribution in [-0.2, 0) is 55.0 Å². The zero-order valence-corrected chi connectivity index (χ0v) is 48.2. The Hall–Kier alpha value is -1.99. The molecule has 0 aliphatic carbocycles. The molecule has 0 fully saturated rings. The smallest absolute Gasteiger partial charge is 0.211 e. The van der Waals surface area contributed by atoms with Crippen molar-refractivity contribution in [2.75, 3.05) is 0 Å². The van der Waals surface area contributed by atoms with Gasteiger partial charge in [-0.1, -0.05) is 242 Å². The van der Waals surface area contributed by atoms with Crippen molar-refractivity contribution in [3.63, 3.8) is 0 Å². The molecule has 3 rings (SSSR count). The van der Waals surface area contributed by atoms with Crippen LogP contribution >= 0.6 is 0 Å². The van der Waals surface area contributed by atoms with Crippen LogP contribution in [0.4, 0.5) is 0 Å². The van der Waals surface area contributed by atoms with E-state index in [1.165, 1.54) is 251 Å². The van der Waals surface area contributed by atoms with E-state index in [9.17, 15) is 5.53 Å². The Balaban J connectivity index is 0.0000163. The van der Waals surface area contributed by atoms with Gasteiger partial charge in [-0.2, -0.15) is 0 Å². The summed E-state index contributed by atoms with van der Waals surface area (Å²) in [6.07, 6.45) is 55.0. The van der Waals surface area contributed by atoms with Crippen LogP contribution in [0, 0.1) is 0 Å². The second kappa shape index (κ2) is 40.5. The second-order valence-electron chi connectivity index (χ2n) is 21.6. The molecule has 0 N–H and O–H groups in total. The van der Waals surface area contributed by atoms with Gasteiger partial charge in [0.25, 0.3) is 0 Å². The molecule has 0 spiro atoms. The zero-order valence-electron chi connectivity index (χ0n) is 47.2. The monoisotopic (exact) mass is 991 g/mol. The van der Waals surface area contributed by atoms with Crippen LogP contribution in [0.2, 0.25) is 0 Å². The van der Waals surface area contributed by atoms with E-state index in [0.29, 0.717) is 0 Å². The molecule has 0 amide bonds. The summed E-state index contributed by atoms with van der Waals surface area (Å²) in [5.41, 5.74) is 29.6. The third-order valence-electron chi connectivity index (χ3n) is 15.8. The van der Waals surface area contributed by atoms with Crippen molar-refractivity contribution in [2.24, 2.45) is 0 Å². The Morgan fingerprint density at radius 2 is 0.565 bits per heavy atom. The molecule has 0 aromatic heterocycles. The van der Waals surface area contributed by atoms with Crippen molar-refractivity contribution < 1.29 is 21.2 Å². The van der Waals surface area contributed by atoms with E-state index in [-0.39, 0.29) is 16.5 Å². The largest absolute Gasteiger partial charge is 0.493 e. The molecule has 0 saturated heterocycles. The fourth-order valence-electron chi connectivity index (χ4n) is 11.6. The summed E-state index contributed by atoms with van der Waals surface area (Å²) in [6, 6.07) is 10.0. The molecule has 3 heteroatoms. The maximum atomic E-state index is 12.9. The molecular weight excluding hydrogens is 879 g/mol. The molecule has 0 atom stereocenters. The summed E-state index contributed by atoms with van der Waals surface area (Å²) in [4.78, 5) is 0. The Morgan fingerprint density at radius 3 is 0.899 bits per heavy atom. The number of aryl methyl sites for hydroxylation is 4. The van der Waals surface area contributed by atoms with Gasteiger partial charge in [0.05, 0.1) is 0 Å². The molecule has 0 unspecified atom stereocenters. The first-order valence-corrected chi connectivity index (χ1v) is 30.7. The van der Waals surface area contributed by atoms with E-state index < -0.39 is 0 Å². The predicted molar refractivity (Wildman–Crippen MR) is 304 cm³/mol. The standard InChI is InChI=1S/C66H112N2.Ni/c1-9-17-22-23-24-25-26-27-28-29-30-31-32-33-34-35-36-37-38-39-40-41-45-50-64-63(48-21-13-5)65(59-51-55(14-6)61(16-8)56(15-7)52-59)68(67)66(64)60-53-57(46-42-18-10-2)62(49-44-20-12-4)58(54-60)47-43-19-11-3;/h51-54H,9-50H2,1-8H3;. The van der Waals surface area contributed by atoms with Crippen LogP contribution in [0.15, 0.2) is 35.4 Å². The van der Waals surface area contributed by atoms with Gasteiger partial charge in [-0.15, -0.1) is 0 Å². The van der Waals surface area contributed by atoms with Gasteiger partial charge in [0, 0.05) is 38.8 Å². The first-order valence-electron chi connectivity index (χ1n) is 30.7. The van der Waals surface area contributed by atoms with Crippen molar-refractivity contribution in [1.82, 2.24) is 0 Å². The van der Waals surface area contributed by atoms with E-state index >= 15 is 0 Å². The number of allylic oxidation sites excluding steroid dienone is 2. The molecule has 2 aromatic rings. The minimum Gasteiger partial charge on any atom is -0.493 e. The Bertz CT molecular complexity index is 1650. The summed E-state index contributed by atoms with van der Waals surface area (Å²) in [5, 5.41) is 0. The van der Waals surface area contributed by atoms with Crippen LogP contribution in [0.25, 0.3) is 16.9 Å². The van der Waals surface area contributed by atoms with E-state index in [4.69, 9.17) is 0 Å². The molecule has 1 heterocycles. The van der Waals surface area contributed by atoms with Crippen molar-refractivity contribution in [2.45, 2.75) is 325 Å². The summed E-state index contributed by atoms with van der Waals surface area (Å²) in [6.45, 7) is 18.6. The average Bonchev–Trinajstić information content (AvgIpc) is 3.63. The molecule has 1 aliphatic rings. The Labute approximate surface area is 440 Å². The minimum atomic E-state index is 0. The van der Waals surface area contributed by atoms with Gasteiger partial charge in [-0.25, -0.2) is 4.70 Å². The summed E-state index contributed by atoms with van der Waals surface area (Å²) >= 11 is 0. The quantitative estimate of drug-likeness (QED) is 0.0359. The Morgan fingerprint density at radius 1 is 0.290 bits per heavy atom. The maximum absolute atomic E-state index is 12.9. The molecular formula is C66H112N2Ni. The molecule has 2 aromatic carbocycles. The molecule has 2 nitrogen and oxygen atoms in total. The maximum Gasteiger partial charge on any atom is 0.211 e. The van der Waals surface area contributed by atoms with E-state index in [1.54, 1.807) is 21.4 Å². The van der Waals surface area contributed by atoms with Crippen LogP contribution < -0.4 is 0 Å². The fourth-order valence-corrected chi connectivity index (χ4v) is 11.6. The van der Waals surface area contributed by atoms with Crippen LogP contribution in [0.1, 0.15) is 331 Å². The number of rotatable bonds is 44. The number of unbranched alkanes of at least 4 members (excludes halogenated alkanes) is 29. The minimum absolute atomic E-state index is 0. The van der Waals surface area contributed by atoms with Crippen LogP contribution in [0.5, 0.6) is 0 Å². The molecule has 69 heavy (non-hydrogen) atoms. The van der Waals surface area contributed by atoms with Gasteiger partial charge in [0.1, 0.15) is 0 Å². The van der Waals surface area contributed by atoms with Gasteiger partial charge in [-0.05, 0) is 141 Å². The van der Waals surface area contributed by atoms with Gasteiger partial charge < -0.3 is 5.53 Å². The molecule has 0 bridgehead atoms. The van der Waals surface area contributed by atoms with Crippen molar-refractivity contribution in [3.8, 4) is 0 Å². The van der Waals surface area contributed by atoms with E-state index in [1.807, 2.05) is 0 Å². The van der Waals surface area contributed by atoms with Gasteiger partial charge in [0.15, 0.2) is 0 Å². The SMILES string of the molecule is CCCCCCCCCCCCCCCCCCCCCCCCCC1=C(c2cc(CCCCC)c(CCCCC)c(CCCCC)c2)[N+](=[N-])C(c2cc(CC)c(CC)c(CC)c2)=C1CCCC.[Ni]. The van der Waals surface area contributed by atoms with Gasteiger partial charge >= 0.3 is 0 Å². The van der Waals surface area contributed by atoms with Gasteiger partial charge in [0.2, 0.25) is 11.4 Å². The molecule has 396 valence electrons. The summed E-state index contributed by atoms with van der Waals surface area (Å²) in [7, 11) is 0. The normalized spacial score (nSPS) is 12.8. The number of hydrogen-bond donors (Lipinski definition) is 0. The Kier molecular flexibility index (Phi) is 37.0. The summed E-state index contributed by atoms with van der Waals surface area (Å²) in [5.74, 6) is 0. The van der Waals surface area contributed by atoms with Crippen LogP contribution in [0.3, 0.4) is 0 Å². The molecule has 1 aliphatic heterocycles. The van der Waals surface area contributed by atoms with Crippen LogP contribution in [-0.4, -0.2) is 4.70 Å². The first-order chi connectivity index (χ1) is 33.4. The predicted octanol–water partition coefficient (Wildman–Crippen LogP) is 22.3. The molecule has 0 radical (unpaired) electrons. The van der Waals surface area contributed by atoms with E-state index in [0.717, 1.165) is 69.2 Å².